The van der Waals surface area contributed by atoms with E-state index >= 15 is 0 Å². The maximum Gasteiger partial charge on any atom is 0.0663 e. The highest BCUT2D eigenvalue weighted by atomic mass is 79.9. The monoisotopic (exact) mass is 286 g/mol. The van der Waals surface area contributed by atoms with Crippen molar-refractivity contribution in [1.82, 2.24) is 14.7 Å². The Kier molecular flexibility index (Phi) is 4.00. The van der Waals surface area contributed by atoms with Gasteiger partial charge in [0.1, 0.15) is 0 Å². The summed E-state index contributed by atoms with van der Waals surface area (Å²) in [4.78, 5) is 2.48. The first-order valence-electron chi connectivity index (χ1n) is 5.79. The lowest BCUT2D eigenvalue weighted by atomic mass is 9.97. The fourth-order valence-corrected chi connectivity index (χ4v) is 2.68. The van der Waals surface area contributed by atoms with Crippen LogP contribution < -0.4 is 5.73 Å². The van der Waals surface area contributed by atoms with Gasteiger partial charge in [-0.05, 0) is 54.3 Å². The van der Waals surface area contributed by atoms with Crippen LogP contribution in [-0.4, -0.2) is 34.3 Å². The maximum absolute atomic E-state index is 5.69. The number of halogens is 1. The van der Waals surface area contributed by atoms with Gasteiger partial charge in [-0.2, -0.15) is 5.10 Å². The Balaban J connectivity index is 1.92. The largest absolute Gasteiger partial charge is 0.330 e. The summed E-state index contributed by atoms with van der Waals surface area (Å²) in [6.07, 6.45) is 4.32. The van der Waals surface area contributed by atoms with Crippen LogP contribution >= 0.6 is 15.9 Å². The van der Waals surface area contributed by atoms with Crippen LogP contribution in [-0.2, 0) is 13.6 Å². The molecule has 5 heteroatoms. The quantitative estimate of drug-likeness (QED) is 0.913. The standard InChI is InChI=1S/C11H19BrN4/c1-15-11(10(12)7-14-15)8-16-4-2-9(6-13)3-5-16/h7,9H,2-6,8,13H2,1H3. The van der Waals surface area contributed by atoms with E-state index in [4.69, 9.17) is 5.73 Å². The van der Waals surface area contributed by atoms with Crippen LogP contribution in [0.5, 0.6) is 0 Å². The van der Waals surface area contributed by atoms with Crippen molar-refractivity contribution in [3.05, 3.63) is 16.4 Å². The van der Waals surface area contributed by atoms with Crippen molar-refractivity contribution >= 4 is 15.9 Å². The van der Waals surface area contributed by atoms with Gasteiger partial charge in [0.15, 0.2) is 0 Å². The van der Waals surface area contributed by atoms with Gasteiger partial charge in [-0.25, -0.2) is 0 Å². The molecular formula is C11H19BrN4. The van der Waals surface area contributed by atoms with Crippen molar-refractivity contribution in [3.63, 3.8) is 0 Å². The average Bonchev–Trinajstić information content (AvgIpc) is 2.62. The summed E-state index contributed by atoms with van der Waals surface area (Å²) in [5, 5.41) is 4.24. The van der Waals surface area contributed by atoms with Crippen LogP contribution in [0.15, 0.2) is 10.7 Å². The molecule has 1 aromatic heterocycles. The van der Waals surface area contributed by atoms with E-state index in [1.807, 2.05) is 17.9 Å². The number of aromatic nitrogens is 2. The molecule has 1 fully saturated rings. The van der Waals surface area contributed by atoms with E-state index in [1.165, 1.54) is 18.5 Å². The molecule has 2 N–H and O–H groups in total. The molecule has 1 aliphatic heterocycles. The van der Waals surface area contributed by atoms with Crippen molar-refractivity contribution in [2.45, 2.75) is 19.4 Å². The van der Waals surface area contributed by atoms with Crippen molar-refractivity contribution in [1.29, 1.82) is 0 Å². The Labute approximate surface area is 105 Å². The van der Waals surface area contributed by atoms with Gasteiger partial charge in [-0.3, -0.25) is 9.58 Å². The molecule has 0 radical (unpaired) electrons. The highest BCUT2D eigenvalue weighted by molar-refractivity contribution is 9.10. The normalized spacial score (nSPS) is 19.2. The molecule has 0 saturated carbocycles. The lowest BCUT2D eigenvalue weighted by Gasteiger charge is -2.31. The molecule has 1 aliphatic rings. The van der Waals surface area contributed by atoms with Gasteiger partial charge in [0.05, 0.1) is 16.4 Å². The second-order valence-electron chi connectivity index (χ2n) is 4.52. The van der Waals surface area contributed by atoms with Crippen molar-refractivity contribution in [3.8, 4) is 0 Å². The number of nitrogens with zero attached hydrogens (tertiary/aromatic N) is 3. The number of hydrogen-bond donors (Lipinski definition) is 1. The van der Waals surface area contributed by atoms with Gasteiger partial charge in [-0.1, -0.05) is 0 Å². The highest BCUT2D eigenvalue weighted by Gasteiger charge is 2.19. The zero-order valence-electron chi connectivity index (χ0n) is 9.69. The fraction of sp³-hybridized carbons (Fsp3) is 0.727. The van der Waals surface area contributed by atoms with Crippen LogP contribution in [0.1, 0.15) is 18.5 Å². The molecule has 90 valence electrons. The maximum atomic E-state index is 5.69. The molecule has 2 rings (SSSR count). The highest BCUT2D eigenvalue weighted by Crippen LogP contribution is 2.21. The third-order valence-electron chi connectivity index (χ3n) is 3.42. The Morgan fingerprint density at radius 2 is 2.19 bits per heavy atom. The summed E-state index contributed by atoms with van der Waals surface area (Å²) in [7, 11) is 1.99. The summed E-state index contributed by atoms with van der Waals surface area (Å²) >= 11 is 3.54. The summed E-state index contributed by atoms with van der Waals surface area (Å²) in [6.45, 7) is 4.12. The first kappa shape index (κ1) is 12.1. The molecule has 0 bridgehead atoms. The molecule has 2 heterocycles. The molecule has 0 unspecified atom stereocenters. The Morgan fingerprint density at radius 3 is 2.69 bits per heavy atom. The van der Waals surface area contributed by atoms with Gasteiger partial charge >= 0.3 is 0 Å². The zero-order chi connectivity index (χ0) is 11.5. The predicted octanol–water partition coefficient (Wildman–Crippen LogP) is 1.35. The first-order chi connectivity index (χ1) is 7.70. The van der Waals surface area contributed by atoms with Crippen LogP contribution in [0, 0.1) is 5.92 Å². The number of likely N-dealkylation sites (tertiary alicyclic amines) is 1. The third kappa shape index (κ3) is 2.64. The minimum Gasteiger partial charge on any atom is -0.330 e. The smallest absolute Gasteiger partial charge is 0.0663 e. The third-order valence-corrected chi connectivity index (χ3v) is 4.09. The van der Waals surface area contributed by atoms with Crippen molar-refractivity contribution in [2.75, 3.05) is 19.6 Å². The summed E-state index contributed by atoms with van der Waals surface area (Å²) in [6, 6.07) is 0. The Morgan fingerprint density at radius 1 is 1.50 bits per heavy atom. The molecule has 0 amide bonds. The number of hydrogen-bond acceptors (Lipinski definition) is 3. The van der Waals surface area contributed by atoms with E-state index in [1.54, 1.807) is 0 Å². The summed E-state index contributed by atoms with van der Waals surface area (Å²) < 4.78 is 3.05. The van der Waals surface area contributed by atoms with E-state index in [-0.39, 0.29) is 0 Å². The van der Waals surface area contributed by atoms with E-state index in [2.05, 4.69) is 25.9 Å². The number of nitrogens with two attached hydrogens (primary N) is 1. The number of piperidine rings is 1. The molecule has 16 heavy (non-hydrogen) atoms. The average molecular weight is 287 g/mol. The molecule has 0 atom stereocenters. The van der Waals surface area contributed by atoms with E-state index in [9.17, 15) is 0 Å². The van der Waals surface area contributed by atoms with Gasteiger partial charge < -0.3 is 5.73 Å². The molecule has 1 saturated heterocycles. The lowest BCUT2D eigenvalue weighted by molar-refractivity contribution is 0.176. The molecule has 1 aromatic rings. The molecular weight excluding hydrogens is 268 g/mol. The van der Waals surface area contributed by atoms with Crippen LogP contribution in [0.4, 0.5) is 0 Å². The van der Waals surface area contributed by atoms with Crippen LogP contribution in [0.3, 0.4) is 0 Å². The molecule has 0 aliphatic carbocycles. The zero-order valence-corrected chi connectivity index (χ0v) is 11.3. The number of aryl methyl sites for hydroxylation is 1. The van der Waals surface area contributed by atoms with E-state index in [0.717, 1.165) is 36.6 Å². The van der Waals surface area contributed by atoms with E-state index < -0.39 is 0 Å². The minimum atomic E-state index is 0.728. The topological polar surface area (TPSA) is 47.1 Å². The van der Waals surface area contributed by atoms with Gasteiger partial charge in [0.25, 0.3) is 0 Å². The molecule has 0 spiro atoms. The first-order valence-corrected chi connectivity index (χ1v) is 6.58. The van der Waals surface area contributed by atoms with Crippen molar-refractivity contribution < 1.29 is 0 Å². The predicted molar refractivity (Wildman–Crippen MR) is 68.0 cm³/mol. The SMILES string of the molecule is Cn1ncc(Br)c1CN1CCC(CN)CC1. The Bertz CT molecular complexity index is 322. The summed E-state index contributed by atoms with van der Waals surface area (Å²) in [5.74, 6) is 0.728. The van der Waals surface area contributed by atoms with Gasteiger partial charge in [0, 0.05) is 13.6 Å². The fourth-order valence-electron chi connectivity index (χ4n) is 2.21. The lowest BCUT2D eigenvalue weighted by Crippen LogP contribution is -2.36. The second-order valence-corrected chi connectivity index (χ2v) is 5.37. The minimum absolute atomic E-state index is 0.728. The van der Waals surface area contributed by atoms with Gasteiger partial charge in [0.2, 0.25) is 0 Å². The number of rotatable bonds is 3. The molecule has 4 nitrogen and oxygen atoms in total. The van der Waals surface area contributed by atoms with Crippen LogP contribution in [0.2, 0.25) is 0 Å². The summed E-state index contributed by atoms with van der Waals surface area (Å²) in [5.41, 5.74) is 6.95. The second kappa shape index (κ2) is 5.29. The van der Waals surface area contributed by atoms with Gasteiger partial charge in [-0.15, -0.1) is 0 Å². The molecule has 0 aromatic carbocycles. The van der Waals surface area contributed by atoms with E-state index in [0.29, 0.717) is 0 Å². The van der Waals surface area contributed by atoms with Crippen molar-refractivity contribution in [2.24, 2.45) is 18.7 Å². The van der Waals surface area contributed by atoms with Crippen LogP contribution in [0.25, 0.3) is 0 Å². The Hall–Kier alpha value is -0.390.